The minimum Gasteiger partial charge on any atom is -0.357 e. The summed E-state index contributed by atoms with van der Waals surface area (Å²) in [6, 6.07) is 27.2. The lowest BCUT2D eigenvalue weighted by atomic mass is 10.0. The van der Waals surface area contributed by atoms with Crippen molar-refractivity contribution in [1.82, 2.24) is 10.2 Å². The molecule has 0 aromatic heterocycles. The molecule has 9 heteroatoms. The van der Waals surface area contributed by atoms with Crippen LogP contribution in [0.15, 0.2) is 108 Å². The van der Waals surface area contributed by atoms with Gasteiger partial charge in [0.25, 0.3) is 10.0 Å². The third kappa shape index (κ3) is 7.41. The summed E-state index contributed by atoms with van der Waals surface area (Å²) in [5.41, 5.74) is 3.56. The molecule has 7 nitrogen and oxygen atoms in total. The average molecular weight is 588 g/mol. The number of carbonyl (C=O) groups excluding carboxylic acids is 2. The smallest absolute Gasteiger partial charge is 0.264 e. The summed E-state index contributed by atoms with van der Waals surface area (Å²) in [7, 11) is -2.68. The standard InChI is InChI=1S/C33H34FN3O4S/c1-24-9-17-29(18-10-24)37(42(40,41)30-19-11-25(2)12-20-30)23-32(38)36(22-27-13-15-28(34)16-14-27)31(33(39)35-3)21-26-7-5-4-6-8-26/h4-20,31H,21-23H2,1-3H3,(H,35,39)/t31-/m0/s1. The van der Waals surface area contributed by atoms with Gasteiger partial charge in [-0.05, 0) is 61.4 Å². The van der Waals surface area contributed by atoms with E-state index < -0.39 is 40.2 Å². The first-order chi connectivity index (χ1) is 20.1. The fourth-order valence-corrected chi connectivity index (χ4v) is 6.00. The van der Waals surface area contributed by atoms with Gasteiger partial charge in [-0.3, -0.25) is 13.9 Å². The monoisotopic (exact) mass is 587 g/mol. The molecular weight excluding hydrogens is 553 g/mol. The SMILES string of the molecule is CNC(=O)[C@H](Cc1ccccc1)N(Cc1ccc(F)cc1)C(=O)CN(c1ccc(C)cc1)S(=O)(=O)c1ccc(C)cc1. The number of halogens is 1. The number of aryl methyl sites for hydroxylation is 2. The first-order valence-electron chi connectivity index (χ1n) is 13.5. The van der Waals surface area contributed by atoms with Gasteiger partial charge < -0.3 is 10.2 Å². The molecule has 218 valence electrons. The Morgan fingerprint density at radius 1 is 0.786 bits per heavy atom. The molecule has 2 amide bonds. The van der Waals surface area contributed by atoms with Crippen LogP contribution in [-0.2, 0) is 32.6 Å². The van der Waals surface area contributed by atoms with Gasteiger partial charge in [-0.1, -0.05) is 77.9 Å². The lowest BCUT2D eigenvalue weighted by Gasteiger charge is -2.33. The fraction of sp³-hybridized carbons (Fsp3) is 0.212. The van der Waals surface area contributed by atoms with E-state index in [4.69, 9.17) is 0 Å². The Morgan fingerprint density at radius 3 is 1.93 bits per heavy atom. The van der Waals surface area contributed by atoms with Gasteiger partial charge in [0.1, 0.15) is 18.4 Å². The van der Waals surface area contributed by atoms with Crippen LogP contribution in [0, 0.1) is 19.7 Å². The van der Waals surface area contributed by atoms with Crippen LogP contribution in [0.1, 0.15) is 22.3 Å². The molecule has 0 aliphatic rings. The molecule has 0 bridgehead atoms. The van der Waals surface area contributed by atoms with Gasteiger partial charge in [0.05, 0.1) is 10.6 Å². The molecule has 0 fully saturated rings. The molecule has 4 aromatic rings. The van der Waals surface area contributed by atoms with E-state index in [9.17, 15) is 22.4 Å². The molecule has 0 unspecified atom stereocenters. The van der Waals surface area contributed by atoms with Crippen LogP contribution in [0.4, 0.5) is 10.1 Å². The molecule has 1 atom stereocenters. The molecule has 0 aliphatic heterocycles. The molecule has 0 saturated carbocycles. The van der Waals surface area contributed by atoms with Gasteiger partial charge in [0.2, 0.25) is 11.8 Å². The van der Waals surface area contributed by atoms with Crippen LogP contribution in [0.3, 0.4) is 0 Å². The van der Waals surface area contributed by atoms with E-state index in [1.807, 2.05) is 44.2 Å². The zero-order valence-corrected chi connectivity index (χ0v) is 24.6. The predicted molar refractivity (Wildman–Crippen MR) is 162 cm³/mol. The maximum atomic E-state index is 14.2. The van der Waals surface area contributed by atoms with Gasteiger partial charge in [-0.2, -0.15) is 0 Å². The van der Waals surface area contributed by atoms with E-state index in [0.717, 1.165) is 21.0 Å². The van der Waals surface area contributed by atoms with Crippen molar-refractivity contribution >= 4 is 27.5 Å². The molecule has 4 rings (SSSR count). The number of anilines is 1. The number of likely N-dealkylation sites (N-methyl/N-ethyl adjacent to an activating group) is 1. The van der Waals surface area contributed by atoms with Crippen LogP contribution in [0.5, 0.6) is 0 Å². The summed E-state index contributed by atoms with van der Waals surface area (Å²) in [6.45, 7) is 3.16. The predicted octanol–water partition coefficient (Wildman–Crippen LogP) is 5.02. The molecule has 0 aliphatic carbocycles. The molecule has 0 saturated heterocycles. The number of hydrogen-bond acceptors (Lipinski definition) is 4. The minimum atomic E-state index is -4.17. The van der Waals surface area contributed by atoms with Gasteiger partial charge in [0, 0.05) is 20.0 Å². The average Bonchev–Trinajstić information content (AvgIpc) is 2.99. The second-order valence-corrected chi connectivity index (χ2v) is 12.0. The number of amides is 2. The van der Waals surface area contributed by atoms with Crippen molar-refractivity contribution in [1.29, 1.82) is 0 Å². The van der Waals surface area contributed by atoms with Crippen molar-refractivity contribution in [3.05, 3.63) is 131 Å². The zero-order valence-electron chi connectivity index (χ0n) is 23.8. The minimum absolute atomic E-state index is 0.0314. The molecule has 1 N–H and O–H groups in total. The first-order valence-corrected chi connectivity index (χ1v) is 15.0. The van der Waals surface area contributed by atoms with E-state index in [-0.39, 0.29) is 17.9 Å². The van der Waals surface area contributed by atoms with Crippen LogP contribution >= 0.6 is 0 Å². The van der Waals surface area contributed by atoms with Crippen LogP contribution in [0.25, 0.3) is 0 Å². The van der Waals surface area contributed by atoms with Gasteiger partial charge in [-0.25, -0.2) is 12.8 Å². The molecule has 0 radical (unpaired) electrons. The van der Waals surface area contributed by atoms with E-state index in [1.54, 1.807) is 48.5 Å². The summed E-state index contributed by atoms with van der Waals surface area (Å²) in [5, 5.41) is 2.64. The van der Waals surface area contributed by atoms with Gasteiger partial charge in [-0.15, -0.1) is 0 Å². The topological polar surface area (TPSA) is 86.8 Å². The Bertz CT molecular complexity index is 1610. The Hall–Kier alpha value is -4.50. The largest absolute Gasteiger partial charge is 0.357 e. The highest BCUT2D eigenvalue weighted by atomic mass is 32.2. The Kier molecular flexibility index (Phi) is 9.75. The Morgan fingerprint density at radius 2 is 1.36 bits per heavy atom. The van der Waals surface area contributed by atoms with E-state index in [2.05, 4.69) is 5.32 Å². The Labute approximate surface area is 246 Å². The number of rotatable bonds is 11. The molecule has 0 heterocycles. The van der Waals surface area contributed by atoms with Crippen LogP contribution in [0.2, 0.25) is 0 Å². The summed E-state index contributed by atoms with van der Waals surface area (Å²) in [4.78, 5) is 28.9. The normalized spacial score (nSPS) is 11.9. The van der Waals surface area contributed by atoms with Crippen LogP contribution < -0.4 is 9.62 Å². The Balaban J connectivity index is 1.77. The van der Waals surface area contributed by atoms with Crippen LogP contribution in [-0.4, -0.2) is 44.8 Å². The van der Waals surface area contributed by atoms with Crippen molar-refractivity contribution in [3.63, 3.8) is 0 Å². The number of nitrogens with zero attached hydrogens (tertiary/aromatic N) is 2. The summed E-state index contributed by atoms with van der Waals surface area (Å²) < 4.78 is 42.7. The highest BCUT2D eigenvalue weighted by molar-refractivity contribution is 7.92. The van der Waals surface area contributed by atoms with E-state index in [0.29, 0.717) is 11.3 Å². The van der Waals surface area contributed by atoms with Crippen molar-refractivity contribution < 1.29 is 22.4 Å². The summed E-state index contributed by atoms with van der Waals surface area (Å²) >= 11 is 0. The highest BCUT2D eigenvalue weighted by Crippen LogP contribution is 2.26. The maximum Gasteiger partial charge on any atom is 0.264 e. The van der Waals surface area contributed by atoms with Gasteiger partial charge in [0.15, 0.2) is 0 Å². The third-order valence-corrected chi connectivity index (χ3v) is 8.78. The fourth-order valence-electron chi connectivity index (χ4n) is 4.58. The van der Waals surface area contributed by atoms with E-state index >= 15 is 0 Å². The molecule has 0 spiro atoms. The van der Waals surface area contributed by atoms with Gasteiger partial charge >= 0.3 is 0 Å². The van der Waals surface area contributed by atoms with E-state index in [1.165, 1.54) is 36.2 Å². The summed E-state index contributed by atoms with van der Waals surface area (Å²) in [5.74, 6) is -1.42. The number of sulfonamides is 1. The lowest BCUT2D eigenvalue weighted by Crippen LogP contribution is -2.53. The highest BCUT2D eigenvalue weighted by Gasteiger charge is 2.34. The second kappa shape index (κ2) is 13.4. The van der Waals surface area contributed by atoms with Crippen molar-refractivity contribution in [2.45, 2.75) is 37.8 Å². The zero-order chi connectivity index (χ0) is 30.3. The number of benzene rings is 4. The lowest BCUT2D eigenvalue weighted by molar-refractivity contribution is -0.139. The first kappa shape index (κ1) is 30.5. The number of nitrogens with one attached hydrogen (secondary N) is 1. The number of carbonyl (C=O) groups is 2. The molecule has 42 heavy (non-hydrogen) atoms. The van der Waals surface area contributed by atoms with Crippen molar-refractivity contribution in [2.75, 3.05) is 17.9 Å². The quantitative estimate of drug-likeness (QED) is 0.267. The van der Waals surface area contributed by atoms with Crippen molar-refractivity contribution in [3.8, 4) is 0 Å². The summed E-state index contributed by atoms with van der Waals surface area (Å²) in [6.07, 6.45) is 0.197. The third-order valence-electron chi connectivity index (χ3n) is 6.99. The maximum absolute atomic E-state index is 14.2. The van der Waals surface area contributed by atoms with Crippen molar-refractivity contribution in [2.24, 2.45) is 0 Å². The molecule has 4 aromatic carbocycles. The number of hydrogen-bond donors (Lipinski definition) is 1. The molecular formula is C33H34FN3O4S. The second-order valence-electron chi connectivity index (χ2n) is 10.1.